The van der Waals surface area contributed by atoms with Gasteiger partial charge in [-0.3, -0.25) is 14.2 Å². The van der Waals surface area contributed by atoms with Crippen molar-refractivity contribution in [2.24, 2.45) is 5.92 Å². The average molecular weight is 630 g/mol. The maximum Gasteiger partial charge on any atom is 0.341 e. The molecule has 2 N–H and O–H groups in total. The summed E-state index contributed by atoms with van der Waals surface area (Å²) in [5.74, 6) is -2.30. The Morgan fingerprint density at radius 1 is 1.11 bits per heavy atom. The number of hydrogen-bond acceptors (Lipinski definition) is 13. The van der Waals surface area contributed by atoms with Crippen LogP contribution in [0.1, 0.15) is 10.4 Å². The first-order chi connectivity index (χ1) is 21.4. The fourth-order valence-electron chi connectivity index (χ4n) is 4.28. The number of halogens is 1. The molecule has 0 atom stereocenters. The molecule has 0 radical (unpaired) electrons. The van der Waals surface area contributed by atoms with Crippen LogP contribution in [0.25, 0.3) is 16.2 Å². The van der Waals surface area contributed by atoms with Gasteiger partial charge in [-0.2, -0.15) is 4.37 Å². The largest absolute Gasteiger partial charge is 0.490 e. The van der Waals surface area contributed by atoms with Crippen molar-refractivity contribution in [1.82, 2.24) is 23.9 Å². The zero-order valence-corrected chi connectivity index (χ0v) is 24.3. The van der Waals surface area contributed by atoms with E-state index in [0.717, 1.165) is 23.8 Å². The van der Waals surface area contributed by atoms with Gasteiger partial charge in [-0.25, -0.2) is 24.1 Å². The number of carboxylic acid groups (broad SMARTS) is 1. The van der Waals surface area contributed by atoms with E-state index in [1.54, 1.807) is 24.1 Å². The number of aromatic nitrogens is 5. The SMILES string of the molecule is COCCOCCOCCOc1ccc(NC(=O)C2CN(c3nc4c(cc3F)c(=O)c(C(=O)O)cn4-c3ncns3)C2)nc1. The number of hydrogen-bond donors (Lipinski definition) is 2. The highest BCUT2D eigenvalue weighted by Crippen LogP contribution is 2.29. The number of ether oxygens (including phenoxy) is 4. The summed E-state index contributed by atoms with van der Waals surface area (Å²) in [6.07, 6.45) is 3.84. The average Bonchev–Trinajstić information content (AvgIpc) is 3.52. The van der Waals surface area contributed by atoms with Gasteiger partial charge in [-0.15, -0.1) is 0 Å². The lowest BCUT2D eigenvalue weighted by Gasteiger charge is -2.39. The highest BCUT2D eigenvalue weighted by Gasteiger charge is 2.35. The van der Waals surface area contributed by atoms with Gasteiger partial charge in [0, 0.05) is 37.9 Å². The normalized spacial score (nSPS) is 13.2. The van der Waals surface area contributed by atoms with Crippen molar-refractivity contribution in [3.05, 3.63) is 58.5 Å². The van der Waals surface area contributed by atoms with Crippen molar-refractivity contribution >= 4 is 46.1 Å². The molecule has 0 aliphatic carbocycles. The van der Waals surface area contributed by atoms with Gasteiger partial charge in [0.2, 0.25) is 16.5 Å². The van der Waals surface area contributed by atoms with Gasteiger partial charge in [0.25, 0.3) is 0 Å². The molecule has 0 saturated carbocycles. The molecule has 0 bridgehead atoms. The molecule has 0 aromatic carbocycles. The van der Waals surface area contributed by atoms with E-state index in [2.05, 4.69) is 24.6 Å². The zero-order valence-electron chi connectivity index (χ0n) is 23.5. The zero-order chi connectivity index (χ0) is 31.1. The Morgan fingerprint density at radius 3 is 2.52 bits per heavy atom. The van der Waals surface area contributed by atoms with Crippen LogP contribution in [0.3, 0.4) is 0 Å². The van der Waals surface area contributed by atoms with Crippen LogP contribution in [-0.2, 0) is 19.0 Å². The molecule has 5 rings (SSSR count). The second-order valence-corrected chi connectivity index (χ2v) is 10.2. The minimum atomic E-state index is -1.46. The van der Waals surface area contributed by atoms with E-state index in [4.69, 9.17) is 18.9 Å². The number of nitrogens with one attached hydrogen (secondary N) is 1. The van der Waals surface area contributed by atoms with Crippen LogP contribution in [0.15, 0.2) is 41.7 Å². The standard InChI is InChI=1S/C27H28FN7O8S/c1-40-4-5-41-6-7-42-8-9-43-17-2-3-21(29-11-17)32-25(37)16-12-34(13-16)24-20(28)10-18-22(36)19(26(38)39)14-35(23(18)33-24)27-30-15-31-44-27/h2-3,10-11,14-16H,4-9,12-13H2,1H3,(H,38,39)(H,29,32,37). The first-order valence-corrected chi connectivity index (χ1v) is 14.2. The van der Waals surface area contributed by atoms with E-state index in [9.17, 15) is 19.5 Å². The molecule has 0 spiro atoms. The summed E-state index contributed by atoms with van der Waals surface area (Å²) < 4.78 is 41.5. The van der Waals surface area contributed by atoms with Crippen LogP contribution < -0.4 is 20.4 Å². The molecule has 1 aliphatic rings. The Morgan fingerprint density at radius 2 is 1.86 bits per heavy atom. The number of amides is 1. The minimum absolute atomic E-state index is 0.0195. The molecule has 1 aliphatic heterocycles. The number of anilines is 2. The third kappa shape index (κ3) is 7.13. The lowest BCUT2D eigenvalue weighted by Crippen LogP contribution is -2.52. The Kier molecular flexibility index (Phi) is 10.0. The summed E-state index contributed by atoms with van der Waals surface area (Å²) in [7, 11) is 1.61. The van der Waals surface area contributed by atoms with Gasteiger partial charge in [-0.1, -0.05) is 0 Å². The molecule has 4 aromatic heterocycles. The van der Waals surface area contributed by atoms with Crippen molar-refractivity contribution in [3.8, 4) is 10.9 Å². The maximum atomic E-state index is 15.1. The number of fused-ring (bicyclic) bond motifs is 1. The first kappa shape index (κ1) is 30.9. The van der Waals surface area contributed by atoms with E-state index in [-0.39, 0.29) is 41.0 Å². The molecule has 44 heavy (non-hydrogen) atoms. The summed E-state index contributed by atoms with van der Waals surface area (Å²) in [5, 5.41) is 12.2. The summed E-state index contributed by atoms with van der Waals surface area (Å²) in [4.78, 5) is 51.3. The van der Waals surface area contributed by atoms with Gasteiger partial charge in [-0.05, 0) is 18.2 Å². The van der Waals surface area contributed by atoms with Crippen molar-refractivity contribution in [1.29, 1.82) is 0 Å². The third-order valence-corrected chi connectivity index (χ3v) is 7.20. The molecular formula is C27H28FN7O8S. The molecular weight excluding hydrogens is 601 g/mol. The quantitative estimate of drug-likeness (QED) is 0.181. The molecule has 232 valence electrons. The number of carbonyl (C=O) groups excluding carboxylic acids is 1. The van der Waals surface area contributed by atoms with Crippen LogP contribution in [0.5, 0.6) is 5.75 Å². The number of rotatable bonds is 15. The van der Waals surface area contributed by atoms with Gasteiger partial charge >= 0.3 is 5.97 Å². The third-order valence-electron chi connectivity index (χ3n) is 6.54. The van der Waals surface area contributed by atoms with Crippen molar-refractivity contribution in [3.63, 3.8) is 0 Å². The number of carbonyl (C=O) groups is 2. The smallest absolute Gasteiger partial charge is 0.341 e. The van der Waals surface area contributed by atoms with Gasteiger partial charge in [0.1, 0.15) is 30.1 Å². The number of nitrogens with zero attached hydrogens (tertiary/aromatic N) is 6. The molecule has 5 heterocycles. The summed E-state index contributed by atoms with van der Waals surface area (Å²) >= 11 is 0.950. The number of pyridine rings is 3. The lowest BCUT2D eigenvalue weighted by molar-refractivity contribution is -0.120. The van der Waals surface area contributed by atoms with E-state index < -0.39 is 28.7 Å². The highest BCUT2D eigenvalue weighted by molar-refractivity contribution is 7.08. The number of methoxy groups -OCH3 is 1. The van der Waals surface area contributed by atoms with Crippen LogP contribution in [0.2, 0.25) is 0 Å². The Balaban J connectivity index is 1.15. The molecule has 4 aromatic rings. The van der Waals surface area contributed by atoms with Crippen molar-refractivity contribution in [2.75, 3.05) is 70.1 Å². The molecule has 17 heteroatoms. The summed E-state index contributed by atoms with van der Waals surface area (Å²) in [6, 6.07) is 4.23. The second-order valence-electron chi connectivity index (χ2n) is 9.47. The van der Waals surface area contributed by atoms with Crippen LogP contribution in [-0.4, -0.2) is 101 Å². The number of aromatic carboxylic acids is 1. The molecule has 1 amide bonds. The topological polar surface area (TPSA) is 180 Å². The van der Waals surface area contributed by atoms with Gasteiger partial charge in [0.05, 0.1) is 50.5 Å². The Bertz CT molecular complexity index is 1660. The van der Waals surface area contributed by atoms with Crippen LogP contribution in [0.4, 0.5) is 16.0 Å². The summed E-state index contributed by atoms with van der Waals surface area (Å²) in [5.41, 5.74) is -1.41. The van der Waals surface area contributed by atoms with E-state index in [1.165, 1.54) is 17.1 Å². The number of carboxylic acids is 1. The highest BCUT2D eigenvalue weighted by atomic mass is 32.1. The first-order valence-electron chi connectivity index (χ1n) is 13.4. The minimum Gasteiger partial charge on any atom is -0.490 e. The van der Waals surface area contributed by atoms with Crippen LogP contribution >= 0.6 is 11.5 Å². The fourth-order valence-corrected chi connectivity index (χ4v) is 4.79. The monoisotopic (exact) mass is 629 g/mol. The molecule has 15 nitrogen and oxygen atoms in total. The summed E-state index contributed by atoms with van der Waals surface area (Å²) in [6.45, 7) is 2.98. The molecule has 1 saturated heterocycles. The predicted octanol–water partition coefficient (Wildman–Crippen LogP) is 1.60. The second kappa shape index (κ2) is 14.3. The van der Waals surface area contributed by atoms with Gasteiger partial charge < -0.3 is 34.3 Å². The van der Waals surface area contributed by atoms with Crippen molar-refractivity contribution in [2.45, 2.75) is 0 Å². The van der Waals surface area contributed by atoms with E-state index in [1.807, 2.05) is 0 Å². The molecule has 0 unspecified atom stereocenters. The Labute approximate surface area is 253 Å². The van der Waals surface area contributed by atoms with Crippen molar-refractivity contribution < 1.29 is 38.0 Å². The van der Waals surface area contributed by atoms with Crippen LogP contribution in [0, 0.1) is 11.7 Å². The maximum absolute atomic E-state index is 15.1. The predicted molar refractivity (Wildman–Crippen MR) is 155 cm³/mol. The van der Waals surface area contributed by atoms with E-state index >= 15 is 4.39 Å². The van der Waals surface area contributed by atoms with E-state index in [0.29, 0.717) is 51.2 Å². The molecule has 1 fully saturated rings. The van der Waals surface area contributed by atoms with Gasteiger partial charge in [0.15, 0.2) is 17.3 Å². The Hall–Kier alpha value is -4.58. The lowest BCUT2D eigenvalue weighted by atomic mass is 9.99. The fraction of sp³-hybridized carbons (Fsp3) is 0.370.